The monoisotopic (exact) mass is 506 g/mol. The van der Waals surface area contributed by atoms with Crippen molar-refractivity contribution in [3.05, 3.63) is 131 Å². The van der Waals surface area contributed by atoms with Crippen molar-refractivity contribution in [3.8, 4) is 11.5 Å². The van der Waals surface area contributed by atoms with E-state index in [9.17, 15) is 9.18 Å². The molecule has 0 aromatic heterocycles. The Morgan fingerprint density at radius 3 is 2.50 bits per heavy atom. The summed E-state index contributed by atoms with van der Waals surface area (Å²) in [5.41, 5.74) is 14.6. The van der Waals surface area contributed by atoms with E-state index in [-0.39, 0.29) is 5.75 Å². The number of allylic oxidation sites excluding steroid dienone is 1. The fourth-order valence-electron chi connectivity index (χ4n) is 4.62. The number of carboxylic acid groups (broad SMARTS) is 1. The molecule has 0 atom stereocenters. The fourth-order valence-corrected chi connectivity index (χ4v) is 4.62. The normalized spacial score (nSPS) is 13.1. The summed E-state index contributed by atoms with van der Waals surface area (Å²) >= 11 is 0. The van der Waals surface area contributed by atoms with Crippen LogP contribution in [0.5, 0.6) is 11.5 Å². The second-order valence-electron chi connectivity index (χ2n) is 8.91. The zero-order valence-corrected chi connectivity index (χ0v) is 20.9. The van der Waals surface area contributed by atoms with Gasteiger partial charge >= 0.3 is 5.97 Å². The standard InChI is InChI=1S/C32H27FN2O3/c1-2-27(23-6-5-7-26(19-23)38-30-9-4-3-8-28(30)33)32(24-15-16-29-25(18-24)20-34-35-29)22-13-10-21(11-14-22)12-17-31(36)37/h3-19,34-35H,2,20H2,1H3,(H,36,37)/b17-12+,32-27+. The molecule has 0 unspecified atom stereocenters. The van der Waals surface area contributed by atoms with Gasteiger partial charge in [-0.1, -0.05) is 61.5 Å². The first-order chi connectivity index (χ1) is 18.5. The number of hydrogen-bond donors (Lipinski definition) is 3. The Labute approximate surface area is 220 Å². The first kappa shape index (κ1) is 25.0. The quantitative estimate of drug-likeness (QED) is 0.170. The Kier molecular flexibility index (Phi) is 7.33. The summed E-state index contributed by atoms with van der Waals surface area (Å²) < 4.78 is 20.1. The van der Waals surface area contributed by atoms with Gasteiger partial charge in [0.15, 0.2) is 11.6 Å². The topological polar surface area (TPSA) is 70.6 Å². The van der Waals surface area contributed by atoms with Crippen molar-refractivity contribution in [3.63, 3.8) is 0 Å². The zero-order valence-electron chi connectivity index (χ0n) is 20.9. The summed E-state index contributed by atoms with van der Waals surface area (Å²) in [7, 11) is 0. The van der Waals surface area contributed by atoms with Crippen LogP contribution in [-0.2, 0) is 11.3 Å². The summed E-state index contributed by atoms with van der Waals surface area (Å²) in [6.45, 7) is 2.84. The number of carboxylic acids is 1. The molecule has 0 saturated carbocycles. The van der Waals surface area contributed by atoms with Crippen LogP contribution in [0.3, 0.4) is 0 Å². The van der Waals surface area contributed by atoms with Gasteiger partial charge in [-0.2, -0.15) is 0 Å². The predicted molar refractivity (Wildman–Crippen MR) is 149 cm³/mol. The smallest absolute Gasteiger partial charge is 0.328 e. The first-order valence-corrected chi connectivity index (χ1v) is 12.4. The van der Waals surface area contributed by atoms with Crippen LogP contribution in [0, 0.1) is 5.82 Å². The number of ether oxygens (including phenoxy) is 1. The number of halogens is 1. The Morgan fingerprint density at radius 2 is 1.74 bits per heavy atom. The van der Waals surface area contributed by atoms with E-state index in [0.29, 0.717) is 5.75 Å². The number of rotatable bonds is 8. The Bertz CT molecular complexity index is 1540. The van der Waals surface area contributed by atoms with Crippen LogP contribution in [0.2, 0.25) is 0 Å². The lowest BCUT2D eigenvalue weighted by atomic mass is 9.87. The molecule has 0 aliphatic carbocycles. The SMILES string of the molecule is CC/C(=C(/c1ccc(/C=C/C(=O)O)cc1)c1ccc2c(c1)CNN2)c1cccc(Oc2ccccc2F)c1. The van der Waals surface area contributed by atoms with Crippen LogP contribution in [-0.4, -0.2) is 11.1 Å². The number of carbonyl (C=O) groups is 1. The summed E-state index contributed by atoms with van der Waals surface area (Å²) in [5, 5.41) is 8.97. The van der Waals surface area contributed by atoms with Crippen molar-refractivity contribution in [2.75, 3.05) is 5.43 Å². The molecule has 0 saturated heterocycles. The van der Waals surface area contributed by atoms with Gasteiger partial charge in [-0.05, 0) is 87.9 Å². The molecule has 1 aliphatic heterocycles. The van der Waals surface area contributed by atoms with Gasteiger partial charge in [-0.25, -0.2) is 14.6 Å². The Balaban J connectivity index is 1.62. The van der Waals surface area contributed by atoms with E-state index in [4.69, 9.17) is 9.84 Å². The molecule has 38 heavy (non-hydrogen) atoms. The number of para-hydroxylation sites is 1. The highest BCUT2D eigenvalue weighted by molar-refractivity contribution is 5.99. The van der Waals surface area contributed by atoms with Gasteiger partial charge in [0.25, 0.3) is 0 Å². The lowest BCUT2D eigenvalue weighted by molar-refractivity contribution is -0.131. The van der Waals surface area contributed by atoms with E-state index in [2.05, 4.69) is 36.0 Å². The maximum absolute atomic E-state index is 14.2. The molecule has 3 N–H and O–H groups in total. The number of nitrogens with one attached hydrogen (secondary N) is 2. The third-order valence-electron chi connectivity index (χ3n) is 6.42. The Hall–Kier alpha value is -4.68. The maximum Gasteiger partial charge on any atom is 0.328 e. The first-order valence-electron chi connectivity index (χ1n) is 12.4. The largest absolute Gasteiger partial charge is 0.478 e. The summed E-state index contributed by atoms with van der Waals surface area (Å²) in [4.78, 5) is 10.9. The van der Waals surface area contributed by atoms with E-state index in [0.717, 1.165) is 58.1 Å². The van der Waals surface area contributed by atoms with Crippen LogP contribution >= 0.6 is 0 Å². The van der Waals surface area contributed by atoms with E-state index in [1.54, 1.807) is 24.3 Å². The van der Waals surface area contributed by atoms with Gasteiger partial charge in [0, 0.05) is 12.6 Å². The molecule has 0 radical (unpaired) electrons. The molecule has 1 heterocycles. The number of aliphatic carboxylic acids is 1. The van der Waals surface area contributed by atoms with Gasteiger partial charge in [-0.15, -0.1) is 0 Å². The van der Waals surface area contributed by atoms with Crippen LogP contribution < -0.4 is 15.6 Å². The minimum atomic E-state index is -0.985. The van der Waals surface area contributed by atoms with E-state index in [1.807, 2.05) is 48.5 Å². The van der Waals surface area contributed by atoms with Crippen molar-refractivity contribution in [1.29, 1.82) is 0 Å². The zero-order chi connectivity index (χ0) is 26.5. The van der Waals surface area contributed by atoms with Crippen molar-refractivity contribution in [2.24, 2.45) is 0 Å². The van der Waals surface area contributed by atoms with Crippen LogP contribution in [0.25, 0.3) is 17.2 Å². The van der Waals surface area contributed by atoms with Crippen LogP contribution in [0.15, 0.2) is 97.1 Å². The number of anilines is 1. The van der Waals surface area contributed by atoms with Crippen LogP contribution in [0.4, 0.5) is 10.1 Å². The third kappa shape index (κ3) is 5.51. The number of benzene rings is 4. The molecule has 0 spiro atoms. The third-order valence-corrected chi connectivity index (χ3v) is 6.42. The fraction of sp³-hybridized carbons (Fsp3) is 0.0938. The molecule has 4 aromatic rings. The second-order valence-corrected chi connectivity index (χ2v) is 8.91. The highest BCUT2D eigenvalue weighted by Crippen LogP contribution is 2.38. The van der Waals surface area contributed by atoms with Crippen LogP contribution in [0.1, 0.15) is 41.2 Å². The molecule has 5 nitrogen and oxygen atoms in total. The number of hydrogen-bond acceptors (Lipinski definition) is 4. The molecular formula is C32H27FN2O3. The van der Waals surface area contributed by atoms with Gasteiger partial charge in [0.2, 0.25) is 0 Å². The molecule has 190 valence electrons. The molecule has 0 bridgehead atoms. The summed E-state index contributed by atoms with van der Waals surface area (Å²) in [5.74, 6) is -0.673. The lowest BCUT2D eigenvalue weighted by Crippen LogP contribution is -2.10. The average molecular weight is 507 g/mol. The summed E-state index contributed by atoms with van der Waals surface area (Å²) in [6.07, 6.45) is 3.45. The highest BCUT2D eigenvalue weighted by Gasteiger charge is 2.17. The Morgan fingerprint density at radius 1 is 0.947 bits per heavy atom. The molecule has 6 heteroatoms. The molecule has 1 aliphatic rings. The van der Waals surface area contributed by atoms with Gasteiger partial charge in [0.1, 0.15) is 5.75 Å². The molecule has 5 rings (SSSR count). The predicted octanol–water partition coefficient (Wildman–Crippen LogP) is 7.52. The lowest BCUT2D eigenvalue weighted by Gasteiger charge is -2.18. The van der Waals surface area contributed by atoms with Crippen molar-refractivity contribution >= 4 is 28.9 Å². The minimum absolute atomic E-state index is 0.176. The maximum atomic E-state index is 14.2. The second kappa shape index (κ2) is 11.2. The minimum Gasteiger partial charge on any atom is -0.478 e. The van der Waals surface area contributed by atoms with Crippen molar-refractivity contribution < 1.29 is 19.0 Å². The highest BCUT2D eigenvalue weighted by atomic mass is 19.1. The number of fused-ring (bicyclic) bond motifs is 1. The van der Waals surface area contributed by atoms with E-state index in [1.165, 1.54) is 11.6 Å². The average Bonchev–Trinajstić information content (AvgIpc) is 3.40. The van der Waals surface area contributed by atoms with Gasteiger partial charge in [-0.3, -0.25) is 0 Å². The number of hydrazine groups is 1. The molecular weight excluding hydrogens is 479 g/mol. The van der Waals surface area contributed by atoms with Crippen molar-refractivity contribution in [1.82, 2.24) is 5.43 Å². The van der Waals surface area contributed by atoms with Gasteiger partial charge in [0.05, 0.1) is 5.69 Å². The molecule has 4 aromatic carbocycles. The van der Waals surface area contributed by atoms with E-state index < -0.39 is 11.8 Å². The molecule has 0 amide bonds. The summed E-state index contributed by atoms with van der Waals surface area (Å²) in [6, 6.07) is 28.3. The van der Waals surface area contributed by atoms with Gasteiger partial charge < -0.3 is 15.3 Å². The van der Waals surface area contributed by atoms with Crippen molar-refractivity contribution in [2.45, 2.75) is 19.9 Å². The molecule has 0 fully saturated rings. The van der Waals surface area contributed by atoms with E-state index >= 15 is 0 Å².